The van der Waals surface area contributed by atoms with Gasteiger partial charge >= 0.3 is 0 Å². The zero-order valence-electron chi connectivity index (χ0n) is 11.1. The van der Waals surface area contributed by atoms with Crippen LogP contribution in [0.25, 0.3) is 0 Å². The molecule has 2 unspecified atom stereocenters. The quantitative estimate of drug-likeness (QED) is 0.767. The van der Waals surface area contributed by atoms with Crippen LogP contribution in [0, 0.1) is 18.3 Å². The Labute approximate surface area is 115 Å². The van der Waals surface area contributed by atoms with Gasteiger partial charge in [-0.1, -0.05) is 24.1 Å². The lowest BCUT2D eigenvalue weighted by Crippen LogP contribution is -2.21. The van der Waals surface area contributed by atoms with Crippen molar-refractivity contribution >= 4 is 0 Å². The van der Waals surface area contributed by atoms with Crippen molar-refractivity contribution in [2.24, 2.45) is 5.92 Å². The molecule has 1 aliphatic carbocycles. The molecule has 3 nitrogen and oxygen atoms in total. The summed E-state index contributed by atoms with van der Waals surface area (Å²) in [5.74, 6) is 3.92. The Bertz CT molecular complexity index is 439. The molecule has 0 bridgehead atoms. The molecule has 19 heavy (non-hydrogen) atoms. The second-order valence-corrected chi connectivity index (χ2v) is 5.06. The van der Waals surface area contributed by atoms with E-state index in [9.17, 15) is 5.11 Å². The molecule has 1 aromatic rings. The van der Waals surface area contributed by atoms with E-state index in [2.05, 4.69) is 11.2 Å². The van der Waals surface area contributed by atoms with Crippen molar-refractivity contribution in [2.75, 3.05) is 13.2 Å². The molecular formula is C16H21NO2. The van der Waals surface area contributed by atoms with Crippen molar-refractivity contribution in [3.63, 3.8) is 0 Å². The highest BCUT2D eigenvalue weighted by molar-refractivity contribution is 5.33. The van der Waals surface area contributed by atoms with E-state index < -0.39 is 0 Å². The Kier molecular flexibility index (Phi) is 5.26. The third-order valence-electron chi connectivity index (χ3n) is 3.55. The first kappa shape index (κ1) is 13.9. The molecule has 1 fully saturated rings. The number of benzene rings is 1. The van der Waals surface area contributed by atoms with Gasteiger partial charge < -0.3 is 15.2 Å². The van der Waals surface area contributed by atoms with Gasteiger partial charge in [0.2, 0.25) is 0 Å². The van der Waals surface area contributed by atoms with Crippen LogP contribution < -0.4 is 10.1 Å². The number of hydrogen-bond donors (Lipinski definition) is 2. The van der Waals surface area contributed by atoms with E-state index in [1.807, 2.05) is 24.3 Å². The molecule has 2 rings (SSSR count). The van der Waals surface area contributed by atoms with Gasteiger partial charge in [0.25, 0.3) is 0 Å². The topological polar surface area (TPSA) is 41.5 Å². The highest BCUT2D eigenvalue weighted by Crippen LogP contribution is 2.25. The van der Waals surface area contributed by atoms with Crippen LogP contribution in [0.3, 0.4) is 0 Å². The first-order chi connectivity index (χ1) is 9.29. The Morgan fingerprint density at radius 2 is 2.21 bits per heavy atom. The monoisotopic (exact) mass is 259 g/mol. The predicted octanol–water partition coefficient (Wildman–Crippen LogP) is 1.95. The third kappa shape index (κ3) is 4.27. The minimum Gasteiger partial charge on any atom is -0.481 e. The smallest absolute Gasteiger partial charge is 0.148 e. The number of rotatable bonds is 6. The van der Waals surface area contributed by atoms with Crippen LogP contribution >= 0.6 is 0 Å². The van der Waals surface area contributed by atoms with Gasteiger partial charge in [0.1, 0.15) is 12.4 Å². The molecule has 1 aliphatic rings. The summed E-state index contributed by atoms with van der Waals surface area (Å²) in [5.41, 5.74) is 1.12. The first-order valence-electron chi connectivity index (χ1n) is 6.82. The number of hydrogen-bond acceptors (Lipinski definition) is 3. The Balaban J connectivity index is 1.80. The van der Waals surface area contributed by atoms with Crippen molar-refractivity contribution in [1.82, 2.24) is 5.32 Å². The molecule has 1 aromatic carbocycles. The fraction of sp³-hybridized carbons (Fsp3) is 0.500. The maximum Gasteiger partial charge on any atom is 0.148 e. The van der Waals surface area contributed by atoms with Crippen molar-refractivity contribution in [3.05, 3.63) is 29.8 Å². The SMILES string of the molecule is C#CCOc1ccccc1CNCC1CCC(O)C1. The Morgan fingerprint density at radius 1 is 1.37 bits per heavy atom. The van der Waals surface area contributed by atoms with Gasteiger partial charge in [0, 0.05) is 12.1 Å². The molecule has 0 radical (unpaired) electrons. The standard InChI is InChI=1S/C16H21NO2/c1-2-9-19-16-6-4-3-5-14(16)12-17-11-13-7-8-15(18)10-13/h1,3-6,13,15,17-18H,7-12H2. The largest absolute Gasteiger partial charge is 0.481 e. The molecule has 3 heteroatoms. The molecule has 0 amide bonds. The van der Waals surface area contributed by atoms with Crippen LogP contribution in [0.2, 0.25) is 0 Å². The lowest BCUT2D eigenvalue weighted by molar-refractivity contribution is 0.177. The van der Waals surface area contributed by atoms with Crippen LogP contribution in [0.5, 0.6) is 5.75 Å². The van der Waals surface area contributed by atoms with E-state index in [-0.39, 0.29) is 6.10 Å². The lowest BCUT2D eigenvalue weighted by atomic mass is 10.1. The summed E-state index contributed by atoms with van der Waals surface area (Å²) in [4.78, 5) is 0. The van der Waals surface area contributed by atoms with Crippen molar-refractivity contribution in [1.29, 1.82) is 0 Å². The van der Waals surface area contributed by atoms with E-state index in [0.717, 1.165) is 43.7 Å². The molecule has 0 saturated heterocycles. The molecular weight excluding hydrogens is 238 g/mol. The minimum absolute atomic E-state index is 0.0990. The summed E-state index contributed by atoms with van der Waals surface area (Å²) < 4.78 is 5.51. The number of aliphatic hydroxyl groups excluding tert-OH is 1. The van der Waals surface area contributed by atoms with Gasteiger partial charge in [-0.25, -0.2) is 0 Å². The van der Waals surface area contributed by atoms with Crippen molar-refractivity contribution in [2.45, 2.75) is 31.9 Å². The van der Waals surface area contributed by atoms with E-state index in [1.54, 1.807) is 0 Å². The fourth-order valence-electron chi connectivity index (χ4n) is 2.56. The van der Waals surface area contributed by atoms with Gasteiger partial charge in [0.05, 0.1) is 6.10 Å². The van der Waals surface area contributed by atoms with Gasteiger partial charge in [-0.2, -0.15) is 0 Å². The van der Waals surface area contributed by atoms with E-state index in [4.69, 9.17) is 11.2 Å². The second-order valence-electron chi connectivity index (χ2n) is 5.06. The van der Waals surface area contributed by atoms with Gasteiger partial charge in [-0.15, -0.1) is 6.42 Å². The second kappa shape index (κ2) is 7.18. The number of para-hydroxylation sites is 1. The summed E-state index contributed by atoms with van der Waals surface area (Å²) >= 11 is 0. The van der Waals surface area contributed by atoms with Crippen molar-refractivity contribution in [3.8, 4) is 18.1 Å². The number of aliphatic hydroxyl groups is 1. The predicted molar refractivity (Wildman–Crippen MR) is 75.8 cm³/mol. The number of terminal acetylenes is 1. The summed E-state index contributed by atoms with van der Waals surface area (Å²) in [5, 5.41) is 12.9. The minimum atomic E-state index is -0.0990. The van der Waals surface area contributed by atoms with Gasteiger partial charge in [-0.05, 0) is 37.8 Å². The number of nitrogens with one attached hydrogen (secondary N) is 1. The van der Waals surface area contributed by atoms with E-state index >= 15 is 0 Å². The Hall–Kier alpha value is -1.50. The lowest BCUT2D eigenvalue weighted by Gasteiger charge is -2.13. The zero-order chi connectivity index (χ0) is 13.5. The molecule has 2 N–H and O–H groups in total. The average Bonchev–Trinajstić information content (AvgIpc) is 2.83. The van der Waals surface area contributed by atoms with Gasteiger partial charge in [-0.3, -0.25) is 0 Å². The van der Waals surface area contributed by atoms with E-state index in [0.29, 0.717) is 12.5 Å². The summed E-state index contributed by atoms with van der Waals surface area (Å²) in [6, 6.07) is 7.93. The fourth-order valence-corrected chi connectivity index (χ4v) is 2.56. The molecule has 102 valence electrons. The zero-order valence-corrected chi connectivity index (χ0v) is 11.1. The maximum absolute atomic E-state index is 9.49. The first-order valence-corrected chi connectivity index (χ1v) is 6.82. The summed E-state index contributed by atoms with van der Waals surface area (Å²) in [7, 11) is 0. The summed E-state index contributed by atoms with van der Waals surface area (Å²) in [6.45, 7) is 2.01. The molecule has 0 heterocycles. The molecule has 0 aromatic heterocycles. The molecule has 0 aliphatic heterocycles. The van der Waals surface area contributed by atoms with E-state index in [1.165, 1.54) is 0 Å². The molecule has 0 spiro atoms. The highest BCUT2D eigenvalue weighted by atomic mass is 16.5. The summed E-state index contributed by atoms with van der Waals surface area (Å²) in [6.07, 6.45) is 8.08. The van der Waals surface area contributed by atoms with Crippen molar-refractivity contribution < 1.29 is 9.84 Å². The average molecular weight is 259 g/mol. The molecule has 2 atom stereocenters. The Morgan fingerprint density at radius 3 is 2.95 bits per heavy atom. The third-order valence-corrected chi connectivity index (χ3v) is 3.55. The maximum atomic E-state index is 9.49. The van der Waals surface area contributed by atoms with Crippen LogP contribution in [0.15, 0.2) is 24.3 Å². The number of ether oxygens (including phenoxy) is 1. The van der Waals surface area contributed by atoms with Crippen LogP contribution in [-0.2, 0) is 6.54 Å². The highest BCUT2D eigenvalue weighted by Gasteiger charge is 2.22. The van der Waals surface area contributed by atoms with Crippen LogP contribution in [0.4, 0.5) is 0 Å². The molecule has 1 saturated carbocycles. The van der Waals surface area contributed by atoms with Gasteiger partial charge in [0.15, 0.2) is 0 Å². The normalized spacial score (nSPS) is 22.1. The van der Waals surface area contributed by atoms with Crippen LogP contribution in [-0.4, -0.2) is 24.4 Å². The van der Waals surface area contributed by atoms with Crippen LogP contribution in [0.1, 0.15) is 24.8 Å².